The second-order valence-electron chi connectivity index (χ2n) is 2.29. The molecular formula is C8H10INO3. The molecule has 0 bridgehead atoms. The third kappa shape index (κ3) is 2.02. The molecule has 4 nitrogen and oxygen atoms in total. The zero-order valence-electron chi connectivity index (χ0n) is 7.37. The Kier molecular flexibility index (Phi) is 3.73. The van der Waals surface area contributed by atoms with Crippen LogP contribution in [0.5, 0.6) is 11.6 Å². The maximum atomic E-state index is 9.08. The van der Waals surface area contributed by atoms with E-state index in [0.717, 1.165) is 3.57 Å². The first-order valence-electron chi connectivity index (χ1n) is 3.60. The Morgan fingerprint density at radius 3 is 2.62 bits per heavy atom. The molecule has 5 heteroatoms. The number of nitrogens with zero attached hydrogens (tertiary/aromatic N) is 1. The van der Waals surface area contributed by atoms with Crippen molar-refractivity contribution in [3.05, 3.63) is 15.3 Å². The summed E-state index contributed by atoms with van der Waals surface area (Å²) in [7, 11) is 3.06. The fraction of sp³-hybridized carbons (Fsp3) is 0.375. The number of pyridine rings is 1. The normalized spacial score (nSPS) is 9.85. The molecule has 0 aromatic carbocycles. The van der Waals surface area contributed by atoms with Crippen LogP contribution in [0.25, 0.3) is 0 Å². The summed E-state index contributed by atoms with van der Waals surface area (Å²) in [5.74, 6) is 1.02. The molecular weight excluding hydrogens is 285 g/mol. The lowest BCUT2D eigenvalue weighted by Gasteiger charge is -2.11. The van der Waals surface area contributed by atoms with Crippen LogP contribution in [0.4, 0.5) is 0 Å². The summed E-state index contributed by atoms with van der Waals surface area (Å²) >= 11 is 2.09. The molecule has 0 aliphatic rings. The van der Waals surface area contributed by atoms with Crippen molar-refractivity contribution in [3.8, 4) is 11.6 Å². The van der Waals surface area contributed by atoms with Crippen LogP contribution in [-0.4, -0.2) is 24.3 Å². The molecule has 0 atom stereocenters. The maximum absolute atomic E-state index is 9.08. The molecule has 1 rings (SSSR count). The van der Waals surface area contributed by atoms with Crippen LogP contribution >= 0.6 is 22.6 Å². The Labute approximate surface area is 90.0 Å². The quantitative estimate of drug-likeness (QED) is 0.851. The van der Waals surface area contributed by atoms with Crippen molar-refractivity contribution in [2.45, 2.75) is 6.61 Å². The lowest BCUT2D eigenvalue weighted by atomic mass is 10.2. The topological polar surface area (TPSA) is 51.6 Å². The summed E-state index contributed by atoms with van der Waals surface area (Å²) in [5, 5.41) is 9.08. The number of halogens is 1. The van der Waals surface area contributed by atoms with Gasteiger partial charge in [0.25, 0.3) is 0 Å². The van der Waals surface area contributed by atoms with Gasteiger partial charge in [-0.15, -0.1) is 0 Å². The third-order valence-electron chi connectivity index (χ3n) is 1.60. The van der Waals surface area contributed by atoms with Crippen LogP contribution < -0.4 is 9.47 Å². The van der Waals surface area contributed by atoms with E-state index in [1.54, 1.807) is 13.3 Å². The van der Waals surface area contributed by atoms with Gasteiger partial charge in [0.05, 0.1) is 30.0 Å². The number of hydrogen-bond acceptors (Lipinski definition) is 4. The number of aromatic nitrogens is 1. The van der Waals surface area contributed by atoms with Crippen molar-refractivity contribution in [2.75, 3.05) is 14.2 Å². The van der Waals surface area contributed by atoms with Gasteiger partial charge in [0.15, 0.2) is 0 Å². The first-order chi connectivity index (χ1) is 6.24. The Morgan fingerprint density at radius 1 is 1.46 bits per heavy atom. The van der Waals surface area contributed by atoms with Crippen molar-refractivity contribution in [2.24, 2.45) is 0 Å². The molecule has 0 saturated heterocycles. The molecule has 0 aliphatic carbocycles. The van der Waals surface area contributed by atoms with Crippen molar-refractivity contribution in [1.82, 2.24) is 4.98 Å². The van der Waals surface area contributed by atoms with Gasteiger partial charge in [-0.05, 0) is 22.6 Å². The molecule has 0 amide bonds. The third-order valence-corrected chi connectivity index (χ3v) is 2.37. The monoisotopic (exact) mass is 295 g/mol. The summed E-state index contributed by atoms with van der Waals surface area (Å²) in [6.45, 7) is -0.143. The van der Waals surface area contributed by atoms with Gasteiger partial charge < -0.3 is 14.6 Å². The smallest absolute Gasteiger partial charge is 0.222 e. The van der Waals surface area contributed by atoms with Gasteiger partial charge in [0.1, 0.15) is 5.75 Å². The zero-order chi connectivity index (χ0) is 9.84. The molecule has 1 N–H and O–H groups in total. The SMILES string of the molecule is COc1ncc(I)c(OC)c1CO. The lowest BCUT2D eigenvalue weighted by Crippen LogP contribution is -2.00. The van der Waals surface area contributed by atoms with Gasteiger partial charge in [-0.3, -0.25) is 0 Å². The zero-order valence-corrected chi connectivity index (χ0v) is 9.53. The molecule has 0 fully saturated rings. The highest BCUT2D eigenvalue weighted by atomic mass is 127. The van der Waals surface area contributed by atoms with E-state index in [-0.39, 0.29) is 6.61 Å². The Hall–Kier alpha value is -0.560. The Bertz CT molecular complexity index is 304. The molecule has 1 aromatic rings. The van der Waals surface area contributed by atoms with E-state index >= 15 is 0 Å². The number of aliphatic hydroxyl groups excluding tert-OH is 1. The summed E-state index contributed by atoms with van der Waals surface area (Å²) in [6.07, 6.45) is 1.64. The minimum atomic E-state index is -0.143. The molecule has 0 saturated carbocycles. The second-order valence-corrected chi connectivity index (χ2v) is 3.45. The molecule has 0 radical (unpaired) electrons. The maximum Gasteiger partial charge on any atom is 0.222 e. The summed E-state index contributed by atoms with van der Waals surface area (Å²) < 4.78 is 11.0. The number of methoxy groups -OCH3 is 2. The van der Waals surface area contributed by atoms with Crippen molar-refractivity contribution in [1.29, 1.82) is 0 Å². The highest BCUT2D eigenvalue weighted by Gasteiger charge is 2.13. The van der Waals surface area contributed by atoms with Crippen LogP contribution in [0.3, 0.4) is 0 Å². The predicted molar refractivity (Wildman–Crippen MR) is 56.0 cm³/mol. The minimum Gasteiger partial charge on any atom is -0.495 e. The first-order valence-corrected chi connectivity index (χ1v) is 4.68. The number of rotatable bonds is 3. The standard InChI is InChI=1S/C8H10INO3/c1-12-7-5(4-11)8(13-2)10-3-6(7)9/h3,11H,4H2,1-2H3. The highest BCUT2D eigenvalue weighted by molar-refractivity contribution is 14.1. The Morgan fingerprint density at radius 2 is 2.15 bits per heavy atom. The number of ether oxygens (including phenoxy) is 2. The fourth-order valence-corrected chi connectivity index (χ4v) is 1.71. The van der Waals surface area contributed by atoms with E-state index in [1.165, 1.54) is 7.11 Å². The van der Waals surface area contributed by atoms with Gasteiger partial charge in [-0.25, -0.2) is 4.98 Å². The van der Waals surface area contributed by atoms with Crippen molar-refractivity contribution in [3.63, 3.8) is 0 Å². The highest BCUT2D eigenvalue weighted by Crippen LogP contribution is 2.30. The van der Waals surface area contributed by atoms with Crippen molar-refractivity contribution < 1.29 is 14.6 Å². The van der Waals surface area contributed by atoms with E-state index < -0.39 is 0 Å². The average Bonchev–Trinajstić information content (AvgIpc) is 2.17. The van der Waals surface area contributed by atoms with Gasteiger partial charge in [-0.1, -0.05) is 0 Å². The fourth-order valence-electron chi connectivity index (χ4n) is 1.03. The molecule has 0 spiro atoms. The summed E-state index contributed by atoms with van der Waals surface area (Å²) in [5.41, 5.74) is 0.580. The largest absolute Gasteiger partial charge is 0.495 e. The van der Waals surface area contributed by atoms with Crippen LogP contribution in [0.15, 0.2) is 6.20 Å². The molecule has 1 aromatic heterocycles. The predicted octanol–water partition coefficient (Wildman–Crippen LogP) is 1.20. The van der Waals surface area contributed by atoms with Crippen LogP contribution in [0.1, 0.15) is 5.56 Å². The summed E-state index contributed by atoms with van der Waals surface area (Å²) in [6, 6.07) is 0. The number of aliphatic hydroxyl groups is 1. The Balaban J connectivity index is 3.27. The van der Waals surface area contributed by atoms with E-state index in [4.69, 9.17) is 14.6 Å². The molecule has 0 aliphatic heterocycles. The van der Waals surface area contributed by atoms with E-state index in [0.29, 0.717) is 17.2 Å². The van der Waals surface area contributed by atoms with E-state index in [2.05, 4.69) is 27.6 Å². The second kappa shape index (κ2) is 4.61. The average molecular weight is 295 g/mol. The lowest BCUT2D eigenvalue weighted by molar-refractivity contribution is 0.262. The van der Waals surface area contributed by atoms with Gasteiger partial charge in [-0.2, -0.15) is 0 Å². The molecule has 0 unspecified atom stereocenters. The molecule has 13 heavy (non-hydrogen) atoms. The van der Waals surface area contributed by atoms with E-state index in [1.807, 2.05) is 0 Å². The first kappa shape index (κ1) is 10.5. The minimum absolute atomic E-state index is 0.143. The van der Waals surface area contributed by atoms with Gasteiger partial charge >= 0.3 is 0 Å². The molecule has 1 heterocycles. The number of hydrogen-bond donors (Lipinski definition) is 1. The van der Waals surface area contributed by atoms with Gasteiger partial charge in [0, 0.05) is 6.20 Å². The van der Waals surface area contributed by atoms with Crippen LogP contribution in [-0.2, 0) is 6.61 Å². The summed E-state index contributed by atoms with van der Waals surface area (Å²) in [4.78, 5) is 4.01. The van der Waals surface area contributed by atoms with Crippen LogP contribution in [0, 0.1) is 3.57 Å². The van der Waals surface area contributed by atoms with E-state index in [9.17, 15) is 0 Å². The molecule has 72 valence electrons. The van der Waals surface area contributed by atoms with Gasteiger partial charge in [0.2, 0.25) is 5.88 Å². The van der Waals surface area contributed by atoms with Crippen LogP contribution in [0.2, 0.25) is 0 Å². The van der Waals surface area contributed by atoms with Crippen molar-refractivity contribution >= 4 is 22.6 Å².